The lowest BCUT2D eigenvalue weighted by atomic mass is 10.1. The summed E-state index contributed by atoms with van der Waals surface area (Å²) in [6.45, 7) is 5.71. The van der Waals surface area contributed by atoms with Crippen molar-refractivity contribution in [3.63, 3.8) is 0 Å². The van der Waals surface area contributed by atoms with E-state index in [4.69, 9.17) is 21.1 Å². The molecule has 0 spiro atoms. The van der Waals surface area contributed by atoms with Gasteiger partial charge in [-0.1, -0.05) is 17.7 Å². The van der Waals surface area contributed by atoms with E-state index in [0.717, 1.165) is 58.7 Å². The molecule has 9 nitrogen and oxygen atoms in total. The van der Waals surface area contributed by atoms with E-state index in [0.29, 0.717) is 40.5 Å². The van der Waals surface area contributed by atoms with Gasteiger partial charge in [0.2, 0.25) is 5.91 Å². The van der Waals surface area contributed by atoms with Crippen LogP contribution in [0.4, 0.5) is 21.6 Å². The first kappa shape index (κ1) is 27.3. The van der Waals surface area contributed by atoms with Crippen LogP contribution in [0.15, 0.2) is 48.8 Å². The number of carbonyl (C=O) groups is 1. The first-order chi connectivity index (χ1) is 19.0. The fourth-order valence-corrected chi connectivity index (χ4v) is 4.84. The summed E-state index contributed by atoms with van der Waals surface area (Å²) in [6, 6.07) is 8.14. The zero-order valence-electron chi connectivity index (χ0n) is 21.6. The van der Waals surface area contributed by atoms with Crippen molar-refractivity contribution >= 4 is 45.6 Å². The van der Waals surface area contributed by atoms with Gasteiger partial charge in [-0.2, -0.15) is 0 Å². The van der Waals surface area contributed by atoms with E-state index in [1.165, 1.54) is 18.5 Å². The fraction of sp³-hybridized carbons (Fsp3) is 0.393. The lowest BCUT2D eigenvalue weighted by molar-refractivity contribution is -0.111. The normalized spacial score (nSPS) is 18.1. The van der Waals surface area contributed by atoms with Crippen LogP contribution in [-0.4, -0.2) is 72.8 Å². The second kappa shape index (κ2) is 13.2. The molecular weight excluding hydrogens is 523 g/mol. The second-order valence-electron chi connectivity index (χ2n) is 9.55. The van der Waals surface area contributed by atoms with Gasteiger partial charge in [-0.25, -0.2) is 14.4 Å². The van der Waals surface area contributed by atoms with Crippen LogP contribution in [0.2, 0.25) is 5.02 Å². The fourth-order valence-electron chi connectivity index (χ4n) is 4.66. The van der Waals surface area contributed by atoms with Gasteiger partial charge in [0.15, 0.2) is 0 Å². The monoisotopic (exact) mass is 554 g/mol. The summed E-state index contributed by atoms with van der Waals surface area (Å²) in [6.07, 6.45) is 7.82. The lowest BCUT2D eigenvalue weighted by Crippen LogP contribution is -2.37. The van der Waals surface area contributed by atoms with Gasteiger partial charge in [-0.3, -0.25) is 9.69 Å². The zero-order chi connectivity index (χ0) is 27.0. The average Bonchev–Trinajstić information content (AvgIpc) is 3.47. The van der Waals surface area contributed by atoms with Gasteiger partial charge in [0.05, 0.1) is 36.0 Å². The molecule has 1 atom stereocenters. The van der Waals surface area contributed by atoms with E-state index >= 15 is 0 Å². The molecule has 2 saturated heterocycles. The molecule has 3 aromatic rings. The predicted octanol–water partition coefficient (Wildman–Crippen LogP) is 4.51. The highest BCUT2D eigenvalue weighted by Gasteiger charge is 2.16. The molecule has 5 rings (SSSR count). The molecule has 3 heterocycles. The van der Waals surface area contributed by atoms with E-state index in [1.54, 1.807) is 24.3 Å². The Hall–Kier alpha value is -3.31. The van der Waals surface area contributed by atoms with Crippen LogP contribution in [0, 0.1) is 5.82 Å². The van der Waals surface area contributed by atoms with Crippen LogP contribution < -0.4 is 20.7 Å². The third kappa shape index (κ3) is 7.42. The van der Waals surface area contributed by atoms with Crippen molar-refractivity contribution in [2.45, 2.75) is 25.3 Å². The Morgan fingerprint density at radius 3 is 2.92 bits per heavy atom. The minimum absolute atomic E-state index is 0.00243. The molecule has 2 aliphatic heterocycles. The Balaban J connectivity index is 1.36. The molecular formula is C28H32ClFN6O3. The second-order valence-corrected chi connectivity index (χ2v) is 9.96. The maximum atomic E-state index is 13.6. The number of anilines is 3. The minimum atomic E-state index is -0.504. The SMILES string of the molecule is O=C(/C=C/C1CCCN1)Nc1cc2c(Nc3ccc(F)c(Cl)c3)ncnc2cc1OCCCN1CCOCC1. The van der Waals surface area contributed by atoms with Crippen molar-refractivity contribution in [1.82, 2.24) is 20.2 Å². The molecule has 2 aromatic carbocycles. The molecule has 1 amide bonds. The summed E-state index contributed by atoms with van der Waals surface area (Å²) in [4.78, 5) is 24.0. The Bertz CT molecular complexity index is 1330. The topological polar surface area (TPSA) is 101 Å². The zero-order valence-corrected chi connectivity index (χ0v) is 22.3. The molecule has 0 bridgehead atoms. The predicted molar refractivity (Wildman–Crippen MR) is 150 cm³/mol. The van der Waals surface area contributed by atoms with Crippen LogP contribution in [-0.2, 0) is 9.53 Å². The number of morpholine rings is 1. The van der Waals surface area contributed by atoms with Gasteiger partial charge >= 0.3 is 0 Å². The molecule has 3 N–H and O–H groups in total. The highest BCUT2D eigenvalue weighted by atomic mass is 35.5. The highest BCUT2D eigenvalue weighted by molar-refractivity contribution is 6.31. The van der Waals surface area contributed by atoms with Crippen LogP contribution in [0.1, 0.15) is 19.3 Å². The number of nitrogens with one attached hydrogen (secondary N) is 3. The van der Waals surface area contributed by atoms with Gasteiger partial charge in [0.25, 0.3) is 0 Å². The van der Waals surface area contributed by atoms with E-state index in [9.17, 15) is 9.18 Å². The number of hydrogen-bond donors (Lipinski definition) is 3. The van der Waals surface area contributed by atoms with Crippen LogP contribution in [0.25, 0.3) is 10.9 Å². The summed E-state index contributed by atoms with van der Waals surface area (Å²) in [5.74, 6) is 0.261. The van der Waals surface area contributed by atoms with Gasteiger partial charge in [-0.05, 0) is 50.1 Å². The number of nitrogens with zero attached hydrogens (tertiary/aromatic N) is 3. The number of hydrogen-bond acceptors (Lipinski definition) is 8. The quantitative estimate of drug-likeness (QED) is 0.248. The average molecular weight is 555 g/mol. The van der Waals surface area contributed by atoms with Crippen molar-refractivity contribution in [2.75, 3.05) is 56.6 Å². The molecule has 0 radical (unpaired) electrons. The smallest absolute Gasteiger partial charge is 0.248 e. The maximum Gasteiger partial charge on any atom is 0.248 e. The van der Waals surface area contributed by atoms with E-state index in [2.05, 4.69) is 30.8 Å². The minimum Gasteiger partial charge on any atom is -0.491 e. The van der Waals surface area contributed by atoms with Crippen molar-refractivity contribution in [3.8, 4) is 5.75 Å². The largest absolute Gasteiger partial charge is 0.491 e. The van der Waals surface area contributed by atoms with Crippen molar-refractivity contribution in [2.24, 2.45) is 0 Å². The van der Waals surface area contributed by atoms with Crippen LogP contribution >= 0.6 is 11.6 Å². The Kier molecular flexibility index (Phi) is 9.20. The summed E-state index contributed by atoms with van der Waals surface area (Å²) < 4.78 is 25.2. The number of amides is 1. The molecule has 2 fully saturated rings. The maximum absolute atomic E-state index is 13.6. The van der Waals surface area contributed by atoms with E-state index in [-0.39, 0.29) is 17.0 Å². The highest BCUT2D eigenvalue weighted by Crippen LogP contribution is 2.34. The third-order valence-corrected chi connectivity index (χ3v) is 7.02. The molecule has 2 aliphatic rings. The lowest BCUT2D eigenvalue weighted by Gasteiger charge is -2.26. The summed E-state index contributed by atoms with van der Waals surface area (Å²) in [5.41, 5.74) is 1.72. The van der Waals surface area contributed by atoms with Gasteiger partial charge in [-0.15, -0.1) is 0 Å². The number of halogens is 2. The number of aromatic nitrogens is 2. The molecule has 0 saturated carbocycles. The van der Waals surface area contributed by atoms with Crippen molar-refractivity contribution in [3.05, 3.63) is 59.7 Å². The third-order valence-electron chi connectivity index (χ3n) is 6.74. The Morgan fingerprint density at radius 1 is 1.26 bits per heavy atom. The van der Waals surface area contributed by atoms with Crippen molar-refractivity contribution < 1.29 is 18.7 Å². The molecule has 206 valence electrons. The van der Waals surface area contributed by atoms with Gasteiger partial charge < -0.3 is 25.4 Å². The molecule has 1 unspecified atom stereocenters. The van der Waals surface area contributed by atoms with Crippen molar-refractivity contribution in [1.29, 1.82) is 0 Å². The van der Waals surface area contributed by atoms with Gasteiger partial charge in [0, 0.05) is 48.9 Å². The van der Waals surface area contributed by atoms with Crippen LogP contribution in [0.5, 0.6) is 5.75 Å². The summed E-state index contributed by atoms with van der Waals surface area (Å²) in [5, 5.41) is 10.2. The number of fused-ring (bicyclic) bond motifs is 1. The number of benzene rings is 2. The number of ether oxygens (including phenoxy) is 2. The summed E-state index contributed by atoms with van der Waals surface area (Å²) in [7, 11) is 0. The van der Waals surface area contributed by atoms with Crippen LogP contribution in [0.3, 0.4) is 0 Å². The summed E-state index contributed by atoms with van der Waals surface area (Å²) >= 11 is 5.96. The number of carbonyl (C=O) groups excluding carboxylic acids is 1. The number of rotatable bonds is 10. The molecule has 1 aromatic heterocycles. The molecule has 11 heteroatoms. The molecule has 0 aliphatic carbocycles. The first-order valence-corrected chi connectivity index (χ1v) is 13.6. The standard InChI is InChI=1S/C28H32ClFN6O3/c29-22-15-20(4-6-23(22)30)34-28-21-16-25(35-27(37)7-5-19-3-1-8-31-19)26(17-24(21)32-18-33-28)39-12-2-9-36-10-13-38-14-11-36/h4-7,15-19,31H,1-3,8-14H2,(H,35,37)(H,32,33,34)/b7-5+. The van der Waals surface area contributed by atoms with E-state index < -0.39 is 5.82 Å². The first-order valence-electron chi connectivity index (χ1n) is 13.2. The molecule has 39 heavy (non-hydrogen) atoms. The Labute approximate surface area is 231 Å². The Morgan fingerprint density at radius 2 is 2.13 bits per heavy atom. The van der Waals surface area contributed by atoms with Gasteiger partial charge in [0.1, 0.15) is 23.7 Å². The van der Waals surface area contributed by atoms with E-state index in [1.807, 2.05) is 6.08 Å².